The summed E-state index contributed by atoms with van der Waals surface area (Å²) >= 11 is 0. The van der Waals surface area contributed by atoms with E-state index in [1.54, 1.807) is 38.3 Å². The Bertz CT molecular complexity index is 824. The highest BCUT2D eigenvalue weighted by Gasteiger charge is 2.25. The normalized spacial score (nSPS) is 12.5. The van der Waals surface area contributed by atoms with Crippen molar-refractivity contribution in [3.63, 3.8) is 0 Å². The highest BCUT2D eigenvalue weighted by Crippen LogP contribution is 2.17. The van der Waals surface area contributed by atoms with Gasteiger partial charge in [0.15, 0.2) is 5.69 Å². The van der Waals surface area contributed by atoms with Gasteiger partial charge in [0.2, 0.25) is 0 Å². The number of hydrogen-bond acceptors (Lipinski definition) is 6. The molecule has 0 aliphatic rings. The number of hydrogen-bond donors (Lipinski definition) is 2. The van der Waals surface area contributed by atoms with Gasteiger partial charge in [-0.05, 0) is 52.0 Å². The van der Waals surface area contributed by atoms with Gasteiger partial charge in [-0.2, -0.15) is 0 Å². The minimum absolute atomic E-state index is 0.0683. The summed E-state index contributed by atoms with van der Waals surface area (Å²) < 4.78 is 12.2. The first kappa shape index (κ1) is 21.4. The second kappa shape index (κ2) is 8.83. The van der Waals surface area contributed by atoms with Crippen molar-refractivity contribution in [2.24, 2.45) is 0 Å². The molecule has 2 rings (SSSR count). The average molecular weight is 390 g/mol. The van der Waals surface area contributed by atoms with Crippen molar-refractivity contribution in [2.45, 2.75) is 45.8 Å². The van der Waals surface area contributed by atoms with E-state index in [4.69, 9.17) is 9.47 Å². The summed E-state index contributed by atoms with van der Waals surface area (Å²) in [5, 5.41) is 19.8. The lowest BCUT2D eigenvalue weighted by molar-refractivity contribution is -0.140. The van der Waals surface area contributed by atoms with Crippen LogP contribution in [0.15, 0.2) is 24.3 Å². The highest BCUT2D eigenvalue weighted by atomic mass is 16.5. The molecule has 0 radical (unpaired) electrons. The lowest BCUT2D eigenvalue weighted by Gasteiger charge is -2.21. The Morgan fingerprint density at radius 1 is 1.25 bits per heavy atom. The van der Waals surface area contributed by atoms with Crippen molar-refractivity contribution < 1.29 is 24.2 Å². The number of amides is 1. The third-order valence-corrected chi connectivity index (χ3v) is 3.97. The van der Waals surface area contributed by atoms with Crippen LogP contribution < -0.4 is 10.1 Å². The Hall–Kier alpha value is -2.94. The lowest BCUT2D eigenvalue weighted by Crippen LogP contribution is -2.42. The van der Waals surface area contributed by atoms with Crippen LogP contribution in [0.2, 0.25) is 0 Å². The largest absolute Gasteiger partial charge is 0.497 e. The Kier molecular flexibility index (Phi) is 6.74. The highest BCUT2D eigenvalue weighted by molar-refractivity contribution is 5.95. The van der Waals surface area contributed by atoms with Gasteiger partial charge in [-0.15, -0.1) is 5.10 Å². The molecule has 9 heteroatoms. The molecule has 1 aromatic carbocycles. The maximum Gasteiger partial charge on any atom is 0.326 e. The summed E-state index contributed by atoms with van der Waals surface area (Å²) in [4.78, 5) is 24.0. The molecule has 2 aromatic rings. The number of ether oxygens (including phenoxy) is 2. The third-order valence-electron chi connectivity index (χ3n) is 3.97. The molecule has 1 heterocycles. The molecule has 0 spiro atoms. The van der Waals surface area contributed by atoms with Gasteiger partial charge in [0.1, 0.15) is 11.8 Å². The van der Waals surface area contributed by atoms with Crippen molar-refractivity contribution in [1.29, 1.82) is 0 Å². The van der Waals surface area contributed by atoms with E-state index in [-0.39, 0.29) is 24.3 Å². The molecule has 152 valence electrons. The minimum Gasteiger partial charge on any atom is -0.497 e. The Morgan fingerprint density at radius 3 is 2.43 bits per heavy atom. The fourth-order valence-corrected chi connectivity index (χ4v) is 2.47. The number of aliphatic carboxylic acids is 1. The molecular weight excluding hydrogens is 364 g/mol. The van der Waals surface area contributed by atoms with Crippen LogP contribution in [-0.2, 0) is 9.53 Å². The molecule has 0 saturated carbocycles. The van der Waals surface area contributed by atoms with E-state index < -0.39 is 17.9 Å². The monoisotopic (exact) mass is 390 g/mol. The lowest BCUT2D eigenvalue weighted by atomic mass is 10.1. The summed E-state index contributed by atoms with van der Waals surface area (Å²) in [6.45, 7) is 7.53. The van der Waals surface area contributed by atoms with Crippen LogP contribution in [-0.4, -0.2) is 57.3 Å². The molecular formula is C19H26N4O5. The summed E-state index contributed by atoms with van der Waals surface area (Å²) in [5.41, 5.74) is 0.889. The van der Waals surface area contributed by atoms with Crippen LogP contribution in [0.5, 0.6) is 5.75 Å². The van der Waals surface area contributed by atoms with E-state index in [1.807, 2.05) is 20.8 Å². The number of carbonyl (C=O) groups is 2. The number of nitrogens with zero attached hydrogens (tertiary/aromatic N) is 3. The van der Waals surface area contributed by atoms with Crippen molar-refractivity contribution in [1.82, 2.24) is 20.3 Å². The Morgan fingerprint density at radius 2 is 1.89 bits per heavy atom. The van der Waals surface area contributed by atoms with E-state index in [2.05, 4.69) is 15.6 Å². The van der Waals surface area contributed by atoms with Gasteiger partial charge < -0.3 is 19.9 Å². The Balaban J connectivity index is 2.10. The quantitative estimate of drug-likeness (QED) is 0.708. The molecule has 0 aliphatic heterocycles. The van der Waals surface area contributed by atoms with Crippen LogP contribution in [0.3, 0.4) is 0 Å². The van der Waals surface area contributed by atoms with Crippen molar-refractivity contribution in [3.8, 4) is 11.4 Å². The van der Waals surface area contributed by atoms with E-state index in [1.165, 1.54) is 4.68 Å². The first-order chi connectivity index (χ1) is 13.1. The summed E-state index contributed by atoms with van der Waals surface area (Å²) in [5.74, 6) is -1.03. The molecule has 1 unspecified atom stereocenters. The molecule has 0 saturated heterocycles. The number of carboxylic acid groups (broad SMARTS) is 1. The summed E-state index contributed by atoms with van der Waals surface area (Å²) in [6.07, 6.45) is 0.143. The zero-order chi connectivity index (χ0) is 20.9. The van der Waals surface area contributed by atoms with E-state index in [0.717, 1.165) is 0 Å². The standard InChI is InChI=1S/C19H26N4O5/c1-12-16(21-22-23(12)13-6-8-14(27-5)9-7-13)17(24)20-15(18(25)26)10-11-28-19(2,3)4/h6-9,15H,10-11H2,1-5H3,(H,20,24)(H,25,26). The fourth-order valence-electron chi connectivity index (χ4n) is 2.47. The number of carboxylic acids is 1. The molecule has 0 aliphatic carbocycles. The Labute approximate surface area is 163 Å². The molecule has 0 fully saturated rings. The van der Waals surface area contributed by atoms with Crippen LogP contribution in [0.1, 0.15) is 43.4 Å². The van der Waals surface area contributed by atoms with Gasteiger partial charge in [-0.3, -0.25) is 4.79 Å². The number of carbonyl (C=O) groups excluding carboxylic acids is 1. The van der Waals surface area contributed by atoms with Crippen LogP contribution in [0, 0.1) is 6.92 Å². The van der Waals surface area contributed by atoms with E-state index in [0.29, 0.717) is 17.1 Å². The molecule has 1 aromatic heterocycles. The van der Waals surface area contributed by atoms with E-state index >= 15 is 0 Å². The average Bonchev–Trinajstić information content (AvgIpc) is 3.01. The maximum atomic E-state index is 12.5. The predicted octanol–water partition coefficient (Wildman–Crippen LogP) is 1.97. The number of benzene rings is 1. The topological polar surface area (TPSA) is 116 Å². The number of methoxy groups -OCH3 is 1. The minimum atomic E-state index is -1.13. The maximum absolute atomic E-state index is 12.5. The van der Waals surface area contributed by atoms with Gasteiger partial charge >= 0.3 is 5.97 Å². The van der Waals surface area contributed by atoms with Crippen LogP contribution in [0.25, 0.3) is 5.69 Å². The molecule has 1 amide bonds. The van der Waals surface area contributed by atoms with Crippen LogP contribution >= 0.6 is 0 Å². The molecule has 1 atom stereocenters. The van der Waals surface area contributed by atoms with Gasteiger partial charge in [-0.25, -0.2) is 9.48 Å². The van der Waals surface area contributed by atoms with Crippen molar-refractivity contribution >= 4 is 11.9 Å². The summed E-state index contributed by atoms with van der Waals surface area (Å²) in [7, 11) is 1.57. The number of aromatic nitrogens is 3. The van der Waals surface area contributed by atoms with Crippen molar-refractivity contribution in [2.75, 3.05) is 13.7 Å². The van der Waals surface area contributed by atoms with Crippen molar-refractivity contribution in [3.05, 3.63) is 35.7 Å². The van der Waals surface area contributed by atoms with Gasteiger partial charge in [0.25, 0.3) is 5.91 Å². The van der Waals surface area contributed by atoms with E-state index in [9.17, 15) is 14.7 Å². The number of nitrogens with one attached hydrogen (secondary N) is 1. The zero-order valence-corrected chi connectivity index (χ0v) is 16.7. The first-order valence-corrected chi connectivity index (χ1v) is 8.86. The SMILES string of the molecule is COc1ccc(-n2nnc(C(=O)NC(CCOC(C)(C)C)C(=O)O)c2C)cc1. The van der Waals surface area contributed by atoms with Crippen LogP contribution in [0.4, 0.5) is 0 Å². The van der Waals surface area contributed by atoms with Gasteiger partial charge in [0, 0.05) is 13.0 Å². The molecule has 28 heavy (non-hydrogen) atoms. The first-order valence-electron chi connectivity index (χ1n) is 8.86. The second-order valence-corrected chi connectivity index (χ2v) is 7.25. The third kappa shape index (κ3) is 5.53. The number of rotatable bonds is 8. The predicted molar refractivity (Wildman–Crippen MR) is 102 cm³/mol. The van der Waals surface area contributed by atoms with Gasteiger partial charge in [-0.1, -0.05) is 5.21 Å². The summed E-state index contributed by atoms with van der Waals surface area (Å²) in [6, 6.07) is 6.02. The van der Waals surface area contributed by atoms with Gasteiger partial charge in [0.05, 0.1) is 24.1 Å². The smallest absolute Gasteiger partial charge is 0.326 e. The molecule has 0 bridgehead atoms. The second-order valence-electron chi connectivity index (χ2n) is 7.25. The zero-order valence-electron chi connectivity index (χ0n) is 16.7. The molecule has 9 nitrogen and oxygen atoms in total. The molecule has 2 N–H and O–H groups in total. The fraction of sp³-hybridized carbons (Fsp3) is 0.474.